The third kappa shape index (κ3) is 8.81. The fraction of sp³-hybridized carbons (Fsp3) is 0.367. The molecule has 1 N–H and O–H groups in total. The summed E-state index contributed by atoms with van der Waals surface area (Å²) in [4.78, 5) is 12.6. The van der Waals surface area contributed by atoms with Gasteiger partial charge in [-0.25, -0.2) is 4.57 Å². The maximum Gasteiger partial charge on any atom is 0.530 e. The molecule has 0 saturated heterocycles. The van der Waals surface area contributed by atoms with Crippen molar-refractivity contribution in [1.29, 1.82) is 0 Å². The van der Waals surface area contributed by atoms with Crippen molar-refractivity contribution in [3.8, 4) is 5.75 Å². The van der Waals surface area contributed by atoms with Crippen LogP contribution in [0.1, 0.15) is 55.0 Å². The van der Waals surface area contributed by atoms with E-state index in [0.717, 1.165) is 27.8 Å². The van der Waals surface area contributed by atoms with Gasteiger partial charge in [-0.05, 0) is 48.7 Å². The van der Waals surface area contributed by atoms with Crippen molar-refractivity contribution in [2.24, 2.45) is 0 Å². The molecule has 0 radical (unpaired) electrons. The van der Waals surface area contributed by atoms with Crippen LogP contribution in [-0.4, -0.2) is 19.2 Å². The number of hydrogen-bond donors (Lipinski definition) is 1. The minimum atomic E-state index is -4.09. The van der Waals surface area contributed by atoms with Crippen LogP contribution in [-0.2, 0) is 41.8 Å². The first-order valence-electron chi connectivity index (χ1n) is 12.8. The number of rotatable bonds is 14. The Bertz CT molecular complexity index is 1180. The smallest absolute Gasteiger partial charge is 0.450 e. The summed E-state index contributed by atoms with van der Waals surface area (Å²) < 4.78 is 37.2. The van der Waals surface area contributed by atoms with E-state index in [-0.39, 0.29) is 32.3 Å². The topological polar surface area (TPSA) is 83.1 Å². The van der Waals surface area contributed by atoms with Gasteiger partial charge in [-0.3, -0.25) is 19.2 Å². The highest BCUT2D eigenvalue weighted by Crippen LogP contribution is 2.53. The quantitative estimate of drug-likeness (QED) is 0.102. The van der Waals surface area contributed by atoms with Gasteiger partial charge in [0.2, 0.25) is 0 Å². The van der Waals surface area contributed by atoms with Crippen LogP contribution in [0, 0.1) is 13.8 Å². The van der Waals surface area contributed by atoms with Gasteiger partial charge < -0.3 is 9.26 Å². The van der Waals surface area contributed by atoms with E-state index in [4.69, 9.17) is 18.3 Å². The number of nitrogens with one attached hydrogen (secondary N) is 1. The summed E-state index contributed by atoms with van der Waals surface area (Å²) in [6.45, 7) is 10.6. The Morgan fingerprint density at radius 1 is 0.895 bits per heavy atom. The number of phosphoric acid groups is 1. The van der Waals surface area contributed by atoms with Crippen molar-refractivity contribution in [1.82, 2.24) is 5.32 Å². The molecule has 0 amide bonds. The zero-order chi connectivity index (χ0) is 27.6. The van der Waals surface area contributed by atoms with Crippen molar-refractivity contribution in [3.63, 3.8) is 0 Å². The molecule has 3 aromatic carbocycles. The van der Waals surface area contributed by atoms with Gasteiger partial charge in [-0.2, -0.15) is 0 Å². The first kappa shape index (κ1) is 29.6. The van der Waals surface area contributed by atoms with E-state index in [1.165, 1.54) is 0 Å². The number of esters is 1. The molecule has 38 heavy (non-hydrogen) atoms. The van der Waals surface area contributed by atoms with E-state index in [1.807, 2.05) is 101 Å². The lowest BCUT2D eigenvalue weighted by molar-refractivity contribution is -0.145. The van der Waals surface area contributed by atoms with Crippen LogP contribution < -0.4 is 9.84 Å². The van der Waals surface area contributed by atoms with Gasteiger partial charge in [0.15, 0.2) is 0 Å². The maximum absolute atomic E-state index is 14.1. The van der Waals surface area contributed by atoms with Crippen LogP contribution in [0.15, 0.2) is 72.8 Å². The lowest BCUT2D eigenvalue weighted by atomic mass is 9.78. The highest BCUT2D eigenvalue weighted by Gasteiger charge is 2.35. The Morgan fingerprint density at radius 3 is 1.97 bits per heavy atom. The summed E-state index contributed by atoms with van der Waals surface area (Å²) in [5.74, 6) is 0.0159. The molecule has 0 aromatic heterocycles. The van der Waals surface area contributed by atoms with Gasteiger partial charge in [0.25, 0.3) is 0 Å². The molecule has 3 aromatic rings. The summed E-state index contributed by atoms with van der Waals surface area (Å²) >= 11 is 0. The molecule has 0 atom stereocenters. The van der Waals surface area contributed by atoms with Gasteiger partial charge in [-0.1, -0.05) is 87.5 Å². The highest BCUT2D eigenvalue weighted by molar-refractivity contribution is 7.48. The van der Waals surface area contributed by atoms with E-state index in [9.17, 15) is 9.36 Å². The average molecular weight is 540 g/mol. The standard InChI is InChI=1S/C30H38NO6P/c1-6-31-22-34-28(32)19-30(4,5)29-24(3)17-23(2)18-27(29)37-38(33,35-20-25-13-9-7-10-14-25)36-21-26-15-11-8-12-16-26/h7-18,31H,6,19-22H2,1-5H3. The Morgan fingerprint density at radius 2 is 1.45 bits per heavy atom. The number of benzene rings is 3. The molecule has 0 unspecified atom stereocenters. The van der Waals surface area contributed by atoms with E-state index >= 15 is 0 Å². The van der Waals surface area contributed by atoms with E-state index in [1.54, 1.807) is 6.07 Å². The lowest BCUT2D eigenvalue weighted by Crippen LogP contribution is -2.28. The summed E-state index contributed by atoms with van der Waals surface area (Å²) in [6, 6.07) is 22.7. The van der Waals surface area contributed by atoms with Crippen molar-refractivity contribution >= 4 is 13.8 Å². The van der Waals surface area contributed by atoms with Crippen LogP contribution in [0.2, 0.25) is 0 Å². The number of hydrogen-bond acceptors (Lipinski definition) is 7. The fourth-order valence-electron chi connectivity index (χ4n) is 4.27. The number of phosphoric ester groups is 1. The van der Waals surface area contributed by atoms with Crippen molar-refractivity contribution in [2.75, 3.05) is 13.3 Å². The first-order valence-corrected chi connectivity index (χ1v) is 14.2. The van der Waals surface area contributed by atoms with Gasteiger partial charge in [-0.15, -0.1) is 0 Å². The zero-order valence-electron chi connectivity index (χ0n) is 22.9. The SMILES string of the molecule is CCNCOC(=O)CC(C)(C)c1c(C)cc(C)cc1OP(=O)(OCc1ccccc1)OCc1ccccc1. The Balaban J connectivity index is 1.91. The van der Waals surface area contributed by atoms with Crippen LogP contribution in [0.3, 0.4) is 0 Å². The molecule has 0 fully saturated rings. The van der Waals surface area contributed by atoms with Gasteiger partial charge >= 0.3 is 13.8 Å². The van der Waals surface area contributed by atoms with Crippen molar-refractivity contribution in [2.45, 2.75) is 59.7 Å². The predicted octanol–water partition coefficient (Wildman–Crippen LogP) is 7.00. The molecule has 0 heterocycles. The summed E-state index contributed by atoms with van der Waals surface area (Å²) in [5.41, 5.74) is 3.56. The summed E-state index contributed by atoms with van der Waals surface area (Å²) in [7, 11) is -4.09. The second-order valence-corrected chi connectivity index (χ2v) is 11.4. The second-order valence-electron chi connectivity index (χ2n) is 9.84. The normalized spacial score (nSPS) is 11.8. The third-order valence-electron chi connectivity index (χ3n) is 5.97. The molecule has 8 heteroatoms. The molecule has 0 saturated carbocycles. The molecular weight excluding hydrogens is 501 g/mol. The zero-order valence-corrected chi connectivity index (χ0v) is 23.8. The number of ether oxygens (including phenoxy) is 1. The molecule has 204 valence electrons. The van der Waals surface area contributed by atoms with Crippen LogP contribution in [0.5, 0.6) is 5.75 Å². The van der Waals surface area contributed by atoms with Crippen molar-refractivity contribution < 1.29 is 27.7 Å². The minimum Gasteiger partial charge on any atom is -0.450 e. The molecule has 0 bridgehead atoms. The first-order chi connectivity index (χ1) is 18.1. The molecule has 0 aliphatic rings. The number of carbonyl (C=O) groups excluding carboxylic acids is 1. The highest BCUT2D eigenvalue weighted by atomic mass is 31.2. The summed E-state index contributed by atoms with van der Waals surface area (Å²) in [6.07, 6.45) is 0.110. The second kappa shape index (κ2) is 13.7. The van der Waals surface area contributed by atoms with Crippen LogP contribution in [0.25, 0.3) is 0 Å². The Kier molecular flexibility index (Phi) is 10.7. The molecule has 7 nitrogen and oxygen atoms in total. The lowest BCUT2D eigenvalue weighted by Gasteiger charge is -2.30. The fourth-order valence-corrected chi connectivity index (χ4v) is 5.45. The molecular formula is C30H38NO6P. The molecule has 0 aliphatic carbocycles. The van der Waals surface area contributed by atoms with Crippen LogP contribution >= 0.6 is 7.82 Å². The average Bonchev–Trinajstić information content (AvgIpc) is 2.87. The predicted molar refractivity (Wildman–Crippen MR) is 149 cm³/mol. The van der Waals surface area contributed by atoms with E-state index in [2.05, 4.69) is 5.32 Å². The third-order valence-corrected chi connectivity index (χ3v) is 7.28. The molecule has 3 rings (SSSR count). The number of carbonyl (C=O) groups is 1. The van der Waals surface area contributed by atoms with Gasteiger partial charge in [0, 0.05) is 11.0 Å². The molecule has 0 spiro atoms. The summed E-state index contributed by atoms with van der Waals surface area (Å²) in [5, 5.41) is 2.98. The van der Waals surface area contributed by atoms with E-state index < -0.39 is 13.2 Å². The number of aryl methyl sites for hydroxylation is 2. The van der Waals surface area contributed by atoms with Gasteiger partial charge in [0.1, 0.15) is 12.5 Å². The Hall–Kier alpha value is -2.96. The van der Waals surface area contributed by atoms with Crippen LogP contribution in [0.4, 0.5) is 0 Å². The minimum absolute atomic E-state index is 0.0488. The van der Waals surface area contributed by atoms with Gasteiger partial charge in [0.05, 0.1) is 19.6 Å². The molecule has 0 aliphatic heterocycles. The van der Waals surface area contributed by atoms with E-state index in [0.29, 0.717) is 12.3 Å². The monoisotopic (exact) mass is 539 g/mol. The maximum atomic E-state index is 14.1. The van der Waals surface area contributed by atoms with Crippen molar-refractivity contribution in [3.05, 3.63) is 101 Å². The Labute approximate surface area is 226 Å². The largest absolute Gasteiger partial charge is 0.530 e.